The summed E-state index contributed by atoms with van der Waals surface area (Å²) in [7, 11) is 0. The Balaban J connectivity index is 1.74. The first kappa shape index (κ1) is 12.5. The third kappa shape index (κ3) is 2.59. The van der Waals surface area contributed by atoms with Crippen LogP contribution in [0.1, 0.15) is 26.3 Å². The molecule has 0 saturated carbocycles. The summed E-state index contributed by atoms with van der Waals surface area (Å²) in [6.07, 6.45) is 2.99. The van der Waals surface area contributed by atoms with Crippen LogP contribution in [0.25, 0.3) is 10.9 Å². The van der Waals surface area contributed by atoms with Gasteiger partial charge < -0.3 is 9.47 Å². The van der Waals surface area contributed by atoms with Gasteiger partial charge in [-0.1, -0.05) is 13.8 Å². The second-order valence-electron chi connectivity index (χ2n) is 5.53. The summed E-state index contributed by atoms with van der Waals surface area (Å²) in [5.41, 5.74) is 1.16. The minimum atomic E-state index is 0.394. The molecule has 1 fully saturated rings. The number of fused-ring (bicyclic) bond motifs is 1. The van der Waals surface area contributed by atoms with Crippen molar-refractivity contribution in [1.82, 2.24) is 9.78 Å². The van der Waals surface area contributed by atoms with E-state index in [-0.39, 0.29) is 0 Å². The number of aromatic nitrogens is 2. The van der Waals surface area contributed by atoms with Crippen LogP contribution in [0.15, 0.2) is 24.4 Å². The SMILES string of the molecule is CC(C)CCOc1ccc2c(cnn2C2COC2)c1. The van der Waals surface area contributed by atoms with Crippen molar-refractivity contribution in [2.75, 3.05) is 19.8 Å². The van der Waals surface area contributed by atoms with Gasteiger partial charge in [0.25, 0.3) is 0 Å². The Kier molecular flexibility index (Phi) is 3.42. The number of nitrogens with zero attached hydrogens (tertiary/aromatic N) is 2. The average Bonchev–Trinajstić information content (AvgIpc) is 2.70. The molecule has 2 aromatic rings. The van der Waals surface area contributed by atoms with Gasteiger partial charge in [-0.05, 0) is 30.5 Å². The summed E-state index contributed by atoms with van der Waals surface area (Å²) in [4.78, 5) is 0. The molecule has 0 radical (unpaired) electrons. The summed E-state index contributed by atoms with van der Waals surface area (Å²) in [5.74, 6) is 1.60. The maximum atomic E-state index is 5.77. The van der Waals surface area contributed by atoms with E-state index in [4.69, 9.17) is 9.47 Å². The fraction of sp³-hybridized carbons (Fsp3) is 0.533. The van der Waals surface area contributed by atoms with E-state index in [9.17, 15) is 0 Å². The van der Waals surface area contributed by atoms with Crippen molar-refractivity contribution in [2.45, 2.75) is 26.3 Å². The van der Waals surface area contributed by atoms with E-state index in [1.54, 1.807) is 0 Å². The second kappa shape index (κ2) is 5.21. The highest BCUT2D eigenvalue weighted by molar-refractivity contribution is 5.80. The van der Waals surface area contributed by atoms with E-state index in [2.05, 4.69) is 35.8 Å². The first-order valence-electron chi connectivity index (χ1n) is 6.92. The largest absolute Gasteiger partial charge is 0.494 e. The highest BCUT2D eigenvalue weighted by atomic mass is 16.5. The molecule has 0 amide bonds. The maximum Gasteiger partial charge on any atom is 0.120 e. The third-order valence-electron chi connectivity index (χ3n) is 3.50. The highest BCUT2D eigenvalue weighted by Crippen LogP contribution is 2.26. The van der Waals surface area contributed by atoms with Crippen molar-refractivity contribution >= 4 is 10.9 Å². The molecule has 0 bridgehead atoms. The second-order valence-corrected chi connectivity index (χ2v) is 5.53. The van der Waals surface area contributed by atoms with Gasteiger partial charge in [0.2, 0.25) is 0 Å². The first-order valence-corrected chi connectivity index (χ1v) is 6.92. The van der Waals surface area contributed by atoms with Crippen LogP contribution in [0.5, 0.6) is 5.75 Å². The zero-order valence-electron chi connectivity index (χ0n) is 11.5. The fourth-order valence-corrected chi connectivity index (χ4v) is 2.19. The van der Waals surface area contributed by atoms with Crippen molar-refractivity contribution < 1.29 is 9.47 Å². The summed E-state index contributed by atoms with van der Waals surface area (Å²) < 4.78 is 13.0. The lowest BCUT2D eigenvalue weighted by Gasteiger charge is -2.26. The van der Waals surface area contributed by atoms with E-state index >= 15 is 0 Å². The van der Waals surface area contributed by atoms with Crippen LogP contribution in [0, 0.1) is 5.92 Å². The van der Waals surface area contributed by atoms with E-state index in [1.165, 1.54) is 0 Å². The standard InChI is InChI=1S/C15H20N2O2/c1-11(2)5-6-19-14-3-4-15-12(7-14)8-16-17(15)13-9-18-10-13/h3-4,7-8,11,13H,5-6,9-10H2,1-2H3. The lowest BCUT2D eigenvalue weighted by molar-refractivity contribution is -0.0266. The lowest BCUT2D eigenvalue weighted by Crippen LogP contribution is -2.31. The van der Waals surface area contributed by atoms with Crippen molar-refractivity contribution in [3.63, 3.8) is 0 Å². The third-order valence-corrected chi connectivity index (χ3v) is 3.50. The van der Waals surface area contributed by atoms with Crippen LogP contribution in [-0.2, 0) is 4.74 Å². The first-order chi connectivity index (χ1) is 9.24. The zero-order chi connectivity index (χ0) is 13.2. The average molecular weight is 260 g/mol. The molecule has 4 heteroatoms. The number of hydrogen-bond acceptors (Lipinski definition) is 3. The molecule has 0 spiro atoms. The van der Waals surface area contributed by atoms with Crippen molar-refractivity contribution in [3.05, 3.63) is 24.4 Å². The monoisotopic (exact) mass is 260 g/mol. The summed E-state index contributed by atoms with van der Waals surface area (Å²) in [6.45, 7) is 6.72. The predicted molar refractivity (Wildman–Crippen MR) is 74.5 cm³/mol. The summed E-state index contributed by atoms with van der Waals surface area (Å²) in [5, 5.41) is 5.58. The van der Waals surface area contributed by atoms with Crippen LogP contribution in [0.2, 0.25) is 0 Å². The Labute approximate surface area is 113 Å². The Hall–Kier alpha value is -1.55. The Morgan fingerprint density at radius 2 is 2.26 bits per heavy atom. The summed E-state index contributed by atoms with van der Waals surface area (Å²) >= 11 is 0. The number of ether oxygens (including phenoxy) is 2. The molecule has 1 aromatic carbocycles. The van der Waals surface area contributed by atoms with Crippen molar-refractivity contribution in [3.8, 4) is 5.75 Å². The molecule has 1 saturated heterocycles. The number of hydrogen-bond donors (Lipinski definition) is 0. The molecule has 3 rings (SSSR count). The quantitative estimate of drug-likeness (QED) is 0.829. The van der Waals surface area contributed by atoms with Crippen LogP contribution in [0.4, 0.5) is 0 Å². The van der Waals surface area contributed by atoms with Gasteiger partial charge in [0, 0.05) is 5.39 Å². The van der Waals surface area contributed by atoms with E-state index in [0.29, 0.717) is 12.0 Å². The minimum absolute atomic E-state index is 0.394. The van der Waals surface area contributed by atoms with Gasteiger partial charge in [0.05, 0.1) is 37.6 Å². The van der Waals surface area contributed by atoms with Gasteiger partial charge in [0.1, 0.15) is 5.75 Å². The molecule has 0 unspecified atom stereocenters. The predicted octanol–water partition coefficient (Wildman–Crippen LogP) is 3.03. The minimum Gasteiger partial charge on any atom is -0.494 e. The molecular formula is C15H20N2O2. The molecule has 1 aromatic heterocycles. The van der Waals surface area contributed by atoms with E-state index in [0.717, 1.165) is 42.9 Å². The van der Waals surface area contributed by atoms with E-state index < -0.39 is 0 Å². The van der Waals surface area contributed by atoms with Gasteiger partial charge in [-0.15, -0.1) is 0 Å². The number of benzene rings is 1. The summed E-state index contributed by atoms with van der Waals surface area (Å²) in [6, 6.07) is 6.58. The Morgan fingerprint density at radius 3 is 2.95 bits per heavy atom. The van der Waals surface area contributed by atoms with Gasteiger partial charge in [-0.25, -0.2) is 0 Å². The maximum absolute atomic E-state index is 5.77. The van der Waals surface area contributed by atoms with Crippen LogP contribution < -0.4 is 4.74 Å². The van der Waals surface area contributed by atoms with Gasteiger partial charge >= 0.3 is 0 Å². The number of rotatable bonds is 5. The van der Waals surface area contributed by atoms with Crippen LogP contribution in [0.3, 0.4) is 0 Å². The van der Waals surface area contributed by atoms with Gasteiger partial charge in [-0.2, -0.15) is 5.10 Å². The molecule has 0 atom stereocenters. The van der Waals surface area contributed by atoms with E-state index in [1.807, 2.05) is 12.3 Å². The van der Waals surface area contributed by atoms with Crippen LogP contribution in [-0.4, -0.2) is 29.6 Å². The highest BCUT2D eigenvalue weighted by Gasteiger charge is 2.22. The topological polar surface area (TPSA) is 36.3 Å². The molecule has 1 aliphatic rings. The molecule has 0 aliphatic carbocycles. The molecule has 19 heavy (non-hydrogen) atoms. The molecule has 4 nitrogen and oxygen atoms in total. The molecule has 2 heterocycles. The fourth-order valence-electron chi connectivity index (χ4n) is 2.19. The van der Waals surface area contributed by atoms with Crippen LogP contribution >= 0.6 is 0 Å². The molecular weight excluding hydrogens is 240 g/mol. The Bertz CT molecular complexity index is 558. The zero-order valence-corrected chi connectivity index (χ0v) is 11.5. The molecule has 1 aliphatic heterocycles. The Morgan fingerprint density at radius 1 is 1.42 bits per heavy atom. The molecule has 102 valence electrons. The van der Waals surface area contributed by atoms with Gasteiger partial charge in [-0.3, -0.25) is 4.68 Å². The van der Waals surface area contributed by atoms with Gasteiger partial charge in [0.15, 0.2) is 0 Å². The molecule has 0 N–H and O–H groups in total. The normalized spacial score (nSPS) is 15.9. The lowest BCUT2D eigenvalue weighted by atomic mass is 10.1. The smallest absolute Gasteiger partial charge is 0.120 e. The van der Waals surface area contributed by atoms with Crippen molar-refractivity contribution in [1.29, 1.82) is 0 Å². The van der Waals surface area contributed by atoms with Crippen molar-refractivity contribution in [2.24, 2.45) is 5.92 Å².